The van der Waals surface area contributed by atoms with Crippen LogP contribution in [0, 0.1) is 0 Å². The van der Waals surface area contributed by atoms with Crippen LogP contribution in [0.4, 0.5) is 0 Å². The Balaban J connectivity index is 2.53. The summed E-state index contributed by atoms with van der Waals surface area (Å²) >= 11 is 0. The van der Waals surface area contributed by atoms with Gasteiger partial charge in [-0.1, -0.05) is 0 Å². The SMILES string of the molecule is CC(=O)NOc1ccc(O)cc1. The molecule has 0 saturated carbocycles. The number of hydrogen-bond donors (Lipinski definition) is 2. The number of benzene rings is 1. The molecule has 2 N–H and O–H groups in total. The number of hydroxylamine groups is 1. The quantitative estimate of drug-likeness (QED) is 0.641. The zero-order valence-electron chi connectivity index (χ0n) is 6.57. The van der Waals surface area contributed by atoms with Crippen molar-refractivity contribution < 1.29 is 14.7 Å². The van der Waals surface area contributed by atoms with Crippen LogP contribution in [0.15, 0.2) is 24.3 Å². The molecule has 0 spiro atoms. The van der Waals surface area contributed by atoms with Gasteiger partial charge in [-0.2, -0.15) is 5.48 Å². The van der Waals surface area contributed by atoms with Crippen LogP contribution in [0.5, 0.6) is 11.5 Å². The Morgan fingerprint density at radius 3 is 2.50 bits per heavy atom. The molecule has 0 saturated heterocycles. The van der Waals surface area contributed by atoms with E-state index in [1.165, 1.54) is 19.1 Å². The van der Waals surface area contributed by atoms with Gasteiger partial charge in [-0.3, -0.25) is 4.79 Å². The fraction of sp³-hybridized carbons (Fsp3) is 0.125. The van der Waals surface area contributed by atoms with Gasteiger partial charge in [-0.15, -0.1) is 0 Å². The maximum atomic E-state index is 10.4. The van der Waals surface area contributed by atoms with Crippen molar-refractivity contribution in [1.82, 2.24) is 5.48 Å². The number of phenolic OH excluding ortho intramolecular Hbond substituents is 1. The first kappa shape index (κ1) is 8.39. The molecular formula is C8H9NO3. The highest BCUT2D eigenvalue weighted by Gasteiger charge is 1.94. The van der Waals surface area contributed by atoms with Gasteiger partial charge in [0.15, 0.2) is 5.75 Å². The first-order valence-electron chi connectivity index (χ1n) is 3.41. The molecule has 4 nitrogen and oxygen atoms in total. The lowest BCUT2D eigenvalue weighted by atomic mass is 10.3. The highest BCUT2D eigenvalue weighted by atomic mass is 16.7. The largest absolute Gasteiger partial charge is 0.508 e. The van der Waals surface area contributed by atoms with Crippen molar-refractivity contribution in [3.8, 4) is 11.5 Å². The molecule has 0 heterocycles. The third kappa shape index (κ3) is 2.49. The van der Waals surface area contributed by atoms with Gasteiger partial charge in [-0.05, 0) is 24.3 Å². The predicted octanol–water partition coefficient (Wildman–Crippen LogP) is 0.822. The van der Waals surface area contributed by atoms with Crippen LogP contribution < -0.4 is 10.3 Å². The lowest BCUT2D eigenvalue weighted by Crippen LogP contribution is -2.23. The highest BCUT2D eigenvalue weighted by Crippen LogP contribution is 2.14. The molecule has 12 heavy (non-hydrogen) atoms. The van der Waals surface area contributed by atoms with Crippen molar-refractivity contribution in [2.45, 2.75) is 6.92 Å². The monoisotopic (exact) mass is 167 g/mol. The number of nitrogens with one attached hydrogen (secondary N) is 1. The fourth-order valence-corrected chi connectivity index (χ4v) is 0.645. The normalized spacial score (nSPS) is 9.08. The summed E-state index contributed by atoms with van der Waals surface area (Å²) < 4.78 is 0. The maximum absolute atomic E-state index is 10.4. The third-order valence-electron chi connectivity index (χ3n) is 1.15. The molecule has 1 rings (SSSR count). The number of amides is 1. The summed E-state index contributed by atoms with van der Waals surface area (Å²) in [4.78, 5) is 15.2. The molecule has 4 heteroatoms. The van der Waals surface area contributed by atoms with E-state index in [1.807, 2.05) is 0 Å². The van der Waals surface area contributed by atoms with Crippen LogP contribution in [-0.4, -0.2) is 11.0 Å². The molecule has 64 valence electrons. The van der Waals surface area contributed by atoms with Crippen molar-refractivity contribution in [3.63, 3.8) is 0 Å². The van der Waals surface area contributed by atoms with E-state index in [0.29, 0.717) is 5.75 Å². The van der Waals surface area contributed by atoms with Crippen molar-refractivity contribution in [2.24, 2.45) is 0 Å². The summed E-state index contributed by atoms with van der Waals surface area (Å²) in [6.45, 7) is 1.35. The highest BCUT2D eigenvalue weighted by molar-refractivity contribution is 5.71. The van der Waals surface area contributed by atoms with Crippen molar-refractivity contribution in [1.29, 1.82) is 0 Å². The van der Waals surface area contributed by atoms with Crippen LogP contribution >= 0.6 is 0 Å². The van der Waals surface area contributed by atoms with Crippen molar-refractivity contribution in [2.75, 3.05) is 0 Å². The van der Waals surface area contributed by atoms with Gasteiger partial charge in [0, 0.05) is 6.92 Å². The van der Waals surface area contributed by atoms with Crippen LogP contribution in [-0.2, 0) is 4.79 Å². The van der Waals surface area contributed by atoms with E-state index in [1.54, 1.807) is 12.1 Å². The Bertz CT molecular complexity index is 268. The van der Waals surface area contributed by atoms with E-state index in [-0.39, 0.29) is 11.7 Å². The second-order valence-corrected chi connectivity index (χ2v) is 2.25. The molecule has 0 unspecified atom stereocenters. The number of carbonyl (C=O) groups excluding carboxylic acids is 1. The van der Waals surface area contributed by atoms with Crippen LogP contribution in [0.25, 0.3) is 0 Å². The van der Waals surface area contributed by atoms with E-state index < -0.39 is 0 Å². The molecule has 1 aromatic carbocycles. The summed E-state index contributed by atoms with van der Waals surface area (Å²) in [7, 11) is 0. The second-order valence-electron chi connectivity index (χ2n) is 2.25. The molecule has 1 amide bonds. The second kappa shape index (κ2) is 3.61. The Hall–Kier alpha value is -1.71. The van der Waals surface area contributed by atoms with E-state index >= 15 is 0 Å². The number of aromatic hydroxyl groups is 1. The zero-order chi connectivity index (χ0) is 8.97. The van der Waals surface area contributed by atoms with Crippen molar-refractivity contribution in [3.05, 3.63) is 24.3 Å². The predicted molar refractivity (Wildman–Crippen MR) is 42.6 cm³/mol. The minimum absolute atomic E-state index is 0.158. The topological polar surface area (TPSA) is 58.6 Å². The summed E-state index contributed by atoms with van der Waals surface area (Å²) in [5, 5.41) is 8.89. The van der Waals surface area contributed by atoms with Gasteiger partial charge in [0.05, 0.1) is 0 Å². The van der Waals surface area contributed by atoms with Gasteiger partial charge < -0.3 is 9.94 Å². The van der Waals surface area contributed by atoms with E-state index in [4.69, 9.17) is 9.94 Å². The summed E-state index contributed by atoms with van der Waals surface area (Å²) in [6, 6.07) is 6.03. The van der Waals surface area contributed by atoms with E-state index in [2.05, 4.69) is 5.48 Å². The third-order valence-corrected chi connectivity index (χ3v) is 1.15. The van der Waals surface area contributed by atoms with Gasteiger partial charge in [0.2, 0.25) is 5.91 Å². The maximum Gasteiger partial charge on any atom is 0.249 e. The first-order valence-corrected chi connectivity index (χ1v) is 3.41. The molecular weight excluding hydrogens is 158 g/mol. The molecule has 0 bridgehead atoms. The molecule has 0 atom stereocenters. The van der Waals surface area contributed by atoms with Crippen LogP contribution in [0.3, 0.4) is 0 Å². The van der Waals surface area contributed by atoms with Gasteiger partial charge in [0.25, 0.3) is 0 Å². The lowest BCUT2D eigenvalue weighted by Gasteiger charge is -2.03. The summed E-state index contributed by atoms with van der Waals surface area (Å²) in [5.41, 5.74) is 2.16. The van der Waals surface area contributed by atoms with Crippen molar-refractivity contribution >= 4 is 5.91 Å². The zero-order valence-corrected chi connectivity index (χ0v) is 6.57. The van der Waals surface area contributed by atoms with Gasteiger partial charge >= 0.3 is 0 Å². The molecule has 0 aliphatic heterocycles. The Labute approximate surface area is 69.7 Å². The number of rotatable bonds is 2. The molecule has 0 radical (unpaired) electrons. The standard InChI is InChI=1S/C8H9NO3/c1-6(10)9-12-8-4-2-7(11)3-5-8/h2-5,11H,1H3,(H,9,10). The Morgan fingerprint density at radius 1 is 1.42 bits per heavy atom. The average Bonchev–Trinajstić information content (AvgIpc) is 2.03. The lowest BCUT2D eigenvalue weighted by molar-refractivity contribution is -0.125. The summed E-state index contributed by atoms with van der Waals surface area (Å²) in [6.07, 6.45) is 0. The summed E-state index contributed by atoms with van der Waals surface area (Å²) in [5.74, 6) is 0.358. The Kier molecular flexibility index (Phi) is 2.53. The number of carbonyl (C=O) groups is 1. The average molecular weight is 167 g/mol. The van der Waals surface area contributed by atoms with E-state index in [0.717, 1.165) is 0 Å². The molecule has 0 aliphatic rings. The van der Waals surface area contributed by atoms with Crippen LogP contribution in [0.1, 0.15) is 6.92 Å². The fourth-order valence-electron chi connectivity index (χ4n) is 0.645. The minimum Gasteiger partial charge on any atom is -0.508 e. The van der Waals surface area contributed by atoms with Gasteiger partial charge in [0.1, 0.15) is 5.75 Å². The van der Waals surface area contributed by atoms with E-state index in [9.17, 15) is 4.79 Å². The molecule has 0 aliphatic carbocycles. The molecule has 0 fully saturated rings. The van der Waals surface area contributed by atoms with Gasteiger partial charge in [-0.25, -0.2) is 0 Å². The smallest absolute Gasteiger partial charge is 0.249 e. The molecule has 0 aromatic heterocycles. The minimum atomic E-state index is -0.275. The Morgan fingerprint density at radius 2 is 2.00 bits per heavy atom. The number of hydrogen-bond acceptors (Lipinski definition) is 3. The number of phenols is 1. The molecule has 1 aromatic rings. The first-order chi connectivity index (χ1) is 5.68. The van der Waals surface area contributed by atoms with Crippen LogP contribution in [0.2, 0.25) is 0 Å².